The van der Waals surface area contributed by atoms with Gasteiger partial charge < -0.3 is 14.3 Å². The van der Waals surface area contributed by atoms with Gasteiger partial charge in [0.15, 0.2) is 11.0 Å². The molecular formula is C14H17N5O3S. The first kappa shape index (κ1) is 15.6. The molecule has 1 N–H and O–H groups in total. The Balaban J connectivity index is 1.76. The number of carbonyl (C=O) groups excluding carboxylic acids is 2. The van der Waals surface area contributed by atoms with E-state index in [-0.39, 0.29) is 11.9 Å². The summed E-state index contributed by atoms with van der Waals surface area (Å²) < 4.78 is 7.10. The lowest BCUT2D eigenvalue weighted by Gasteiger charge is -2.16. The number of furan rings is 1. The molecule has 1 saturated heterocycles. The molecule has 1 aliphatic rings. The number of rotatable bonds is 4. The maximum Gasteiger partial charge on any atom is 0.324 e. The van der Waals surface area contributed by atoms with Crippen LogP contribution in [0.15, 0.2) is 21.9 Å². The zero-order chi connectivity index (χ0) is 16.6. The van der Waals surface area contributed by atoms with Crippen molar-refractivity contribution in [2.75, 3.05) is 13.1 Å². The minimum atomic E-state index is -0.431. The molecule has 1 unspecified atom stereocenters. The quantitative estimate of drug-likeness (QED) is 0.849. The van der Waals surface area contributed by atoms with Crippen LogP contribution in [0.25, 0.3) is 11.4 Å². The first-order valence-electron chi connectivity index (χ1n) is 7.18. The Morgan fingerprint density at radius 3 is 2.87 bits per heavy atom. The van der Waals surface area contributed by atoms with Crippen molar-refractivity contribution in [3.8, 4) is 11.4 Å². The van der Waals surface area contributed by atoms with E-state index in [9.17, 15) is 9.59 Å². The van der Waals surface area contributed by atoms with Gasteiger partial charge in [0.05, 0.1) is 17.1 Å². The fourth-order valence-electron chi connectivity index (χ4n) is 2.38. The number of amides is 3. The normalized spacial score (nSPS) is 15.8. The van der Waals surface area contributed by atoms with Crippen LogP contribution < -0.4 is 5.32 Å². The second-order valence-electron chi connectivity index (χ2n) is 5.24. The number of urea groups is 1. The Morgan fingerprint density at radius 2 is 2.26 bits per heavy atom. The van der Waals surface area contributed by atoms with Crippen LogP contribution in [0, 0.1) is 6.92 Å². The fourth-order valence-corrected chi connectivity index (χ4v) is 3.26. The summed E-state index contributed by atoms with van der Waals surface area (Å²) in [5.74, 6) is 1.21. The van der Waals surface area contributed by atoms with E-state index in [4.69, 9.17) is 4.42 Å². The third-order valence-electron chi connectivity index (χ3n) is 3.69. The molecule has 1 fully saturated rings. The molecule has 9 heteroatoms. The Hall–Kier alpha value is -2.29. The third-order valence-corrected chi connectivity index (χ3v) is 4.81. The number of carbonyl (C=O) groups is 2. The molecule has 2 aromatic rings. The van der Waals surface area contributed by atoms with Gasteiger partial charge in [0.2, 0.25) is 5.91 Å². The van der Waals surface area contributed by atoms with E-state index in [1.165, 1.54) is 16.7 Å². The Morgan fingerprint density at radius 1 is 1.48 bits per heavy atom. The SMILES string of the molecule is Cc1occc1-c1nnc(SC(C)C(=O)N2CCNC2=O)n1C. The topological polar surface area (TPSA) is 93.3 Å². The average Bonchev–Trinajstić information content (AvgIpc) is 3.21. The first-order valence-corrected chi connectivity index (χ1v) is 8.06. The molecule has 0 aliphatic carbocycles. The molecule has 0 radical (unpaired) electrons. The summed E-state index contributed by atoms with van der Waals surface area (Å²) >= 11 is 1.28. The van der Waals surface area contributed by atoms with Crippen molar-refractivity contribution in [3.63, 3.8) is 0 Å². The van der Waals surface area contributed by atoms with Crippen LogP contribution in [-0.4, -0.2) is 49.9 Å². The molecule has 3 heterocycles. The summed E-state index contributed by atoms with van der Waals surface area (Å²) in [4.78, 5) is 25.1. The van der Waals surface area contributed by atoms with Crippen molar-refractivity contribution in [3.05, 3.63) is 18.1 Å². The average molecular weight is 335 g/mol. The maximum absolute atomic E-state index is 12.3. The third kappa shape index (κ3) is 2.83. The smallest absolute Gasteiger partial charge is 0.324 e. The second kappa shape index (κ2) is 6.07. The van der Waals surface area contributed by atoms with Gasteiger partial charge in [-0.15, -0.1) is 10.2 Å². The number of hydrogen-bond acceptors (Lipinski definition) is 6. The van der Waals surface area contributed by atoms with Gasteiger partial charge in [-0.1, -0.05) is 11.8 Å². The van der Waals surface area contributed by atoms with Crippen molar-refractivity contribution in [1.82, 2.24) is 25.0 Å². The van der Waals surface area contributed by atoms with Crippen LogP contribution in [0.1, 0.15) is 12.7 Å². The maximum atomic E-state index is 12.3. The number of imide groups is 1. The second-order valence-corrected chi connectivity index (χ2v) is 6.55. The summed E-state index contributed by atoms with van der Waals surface area (Å²) in [5, 5.41) is 11.1. The standard InChI is InChI=1S/C14H17N5O3S/c1-8-10(4-7-22-8)11-16-17-14(18(11)3)23-9(2)12(20)19-6-5-15-13(19)21/h4,7,9H,5-6H2,1-3H3,(H,15,21). The van der Waals surface area contributed by atoms with Gasteiger partial charge in [-0.2, -0.15) is 0 Å². The van der Waals surface area contributed by atoms with Gasteiger partial charge in [0.1, 0.15) is 5.76 Å². The molecule has 0 spiro atoms. The molecule has 122 valence electrons. The number of nitrogens with zero attached hydrogens (tertiary/aromatic N) is 4. The largest absolute Gasteiger partial charge is 0.469 e. The lowest BCUT2D eigenvalue weighted by molar-refractivity contribution is -0.126. The number of aryl methyl sites for hydroxylation is 1. The zero-order valence-electron chi connectivity index (χ0n) is 13.1. The van der Waals surface area contributed by atoms with Crippen LogP contribution in [0.3, 0.4) is 0 Å². The molecule has 1 atom stereocenters. The van der Waals surface area contributed by atoms with Gasteiger partial charge in [0, 0.05) is 20.1 Å². The molecule has 8 nitrogen and oxygen atoms in total. The van der Waals surface area contributed by atoms with Crippen molar-refractivity contribution in [2.45, 2.75) is 24.3 Å². The lowest BCUT2D eigenvalue weighted by atomic mass is 10.2. The number of hydrogen-bond donors (Lipinski definition) is 1. The zero-order valence-corrected chi connectivity index (χ0v) is 13.9. The van der Waals surface area contributed by atoms with Crippen LogP contribution in [0.2, 0.25) is 0 Å². The van der Waals surface area contributed by atoms with E-state index >= 15 is 0 Å². The van der Waals surface area contributed by atoms with Gasteiger partial charge in [-0.05, 0) is 19.9 Å². The minimum Gasteiger partial charge on any atom is -0.469 e. The van der Waals surface area contributed by atoms with Crippen LogP contribution in [0.4, 0.5) is 4.79 Å². The van der Waals surface area contributed by atoms with Crippen molar-refractivity contribution in [1.29, 1.82) is 0 Å². The van der Waals surface area contributed by atoms with E-state index in [0.717, 1.165) is 11.3 Å². The lowest BCUT2D eigenvalue weighted by Crippen LogP contribution is -2.39. The Kier molecular flexibility index (Phi) is 4.12. The van der Waals surface area contributed by atoms with Crippen molar-refractivity contribution >= 4 is 23.7 Å². The molecule has 0 aromatic carbocycles. The molecule has 23 heavy (non-hydrogen) atoms. The minimum absolute atomic E-state index is 0.228. The highest BCUT2D eigenvalue weighted by Crippen LogP contribution is 2.28. The monoisotopic (exact) mass is 335 g/mol. The predicted molar refractivity (Wildman–Crippen MR) is 83.9 cm³/mol. The molecular weight excluding hydrogens is 318 g/mol. The Labute approximate surface area is 137 Å². The van der Waals surface area contributed by atoms with Gasteiger partial charge in [-0.25, -0.2) is 4.79 Å². The summed E-state index contributed by atoms with van der Waals surface area (Å²) in [6.45, 7) is 4.52. The van der Waals surface area contributed by atoms with Crippen molar-refractivity contribution < 1.29 is 14.0 Å². The molecule has 1 aliphatic heterocycles. The highest BCUT2D eigenvalue weighted by atomic mass is 32.2. The van der Waals surface area contributed by atoms with Crippen LogP contribution in [0.5, 0.6) is 0 Å². The summed E-state index contributed by atoms with van der Waals surface area (Å²) in [6.07, 6.45) is 1.60. The summed E-state index contributed by atoms with van der Waals surface area (Å²) in [5.41, 5.74) is 0.866. The van der Waals surface area contributed by atoms with E-state index in [1.807, 2.05) is 24.6 Å². The van der Waals surface area contributed by atoms with Gasteiger partial charge in [0.25, 0.3) is 0 Å². The Bertz CT molecular complexity index is 753. The van der Waals surface area contributed by atoms with Crippen molar-refractivity contribution in [2.24, 2.45) is 7.05 Å². The fraction of sp³-hybridized carbons (Fsp3) is 0.429. The van der Waals surface area contributed by atoms with Crippen LogP contribution >= 0.6 is 11.8 Å². The molecule has 3 rings (SSSR count). The van der Waals surface area contributed by atoms with Gasteiger partial charge >= 0.3 is 6.03 Å². The number of thioether (sulfide) groups is 1. The van der Waals surface area contributed by atoms with E-state index in [1.54, 1.807) is 13.2 Å². The molecule has 0 saturated carbocycles. The number of nitrogens with one attached hydrogen (secondary N) is 1. The highest BCUT2D eigenvalue weighted by Gasteiger charge is 2.31. The van der Waals surface area contributed by atoms with Crippen LogP contribution in [-0.2, 0) is 11.8 Å². The highest BCUT2D eigenvalue weighted by molar-refractivity contribution is 8.00. The molecule has 3 amide bonds. The molecule has 0 bridgehead atoms. The summed E-state index contributed by atoms with van der Waals surface area (Å²) in [7, 11) is 1.84. The predicted octanol–water partition coefficient (Wildman–Crippen LogP) is 1.42. The van der Waals surface area contributed by atoms with E-state index < -0.39 is 5.25 Å². The first-order chi connectivity index (χ1) is 11.0. The number of aromatic nitrogens is 3. The van der Waals surface area contributed by atoms with E-state index in [0.29, 0.717) is 24.1 Å². The summed E-state index contributed by atoms with van der Waals surface area (Å²) in [6, 6.07) is 1.49. The molecule has 2 aromatic heterocycles. The van der Waals surface area contributed by atoms with Gasteiger partial charge in [-0.3, -0.25) is 9.69 Å². The van der Waals surface area contributed by atoms with E-state index in [2.05, 4.69) is 15.5 Å².